The maximum absolute atomic E-state index is 4.43. The Hall–Kier alpha value is -1.81. The number of H-pyrrole nitrogens is 1. The van der Waals surface area contributed by atoms with Crippen LogP contribution in [-0.2, 0) is 6.54 Å². The number of thiazole rings is 1. The van der Waals surface area contributed by atoms with Crippen molar-refractivity contribution in [3.63, 3.8) is 0 Å². The molecule has 0 bridgehead atoms. The second-order valence-corrected chi connectivity index (χ2v) is 4.96. The van der Waals surface area contributed by atoms with Crippen molar-refractivity contribution in [1.82, 2.24) is 9.97 Å². The molecule has 4 heteroatoms. The molecule has 0 amide bonds. The van der Waals surface area contributed by atoms with Crippen molar-refractivity contribution in [3.8, 4) is 0 Å². The number of anilines is 1. The summed E-state index contributed by atoms with van der Waals surface area (Å²) in [5, 5.41) is 7.82. The van der Waals surface area contributed by atoms with Gasteiger partial charge in [0.25, 0.3) is 0 Å². The van der Waals surface area contributed by atoms with Gasteiger partial charge in [-0.3, -0.25) is 0 Å². The minimum atomic E-state index is 0.786. The van der Waals surface area contributed by atoms with Gasteiger partial charge in [0.1, 0.15) is 5.01 Å². The van der Waals surface area contributed by atoms with Crippen molar-refractivity contribution in [3.05, 3.63) is 46.5 Å². The molecule has 2 aromatic heterocycles. The smallest absolute Gasteiger partial charge is 0.112 e. The second-order valence-electron chi connectivity index (χ2n) is 4.02. The van der Waals surface area contributed by atoms with E-state index in [2.05, 4.69) is 44.9 Å². The normalized spacial score (nSPS) is 10.9. The summed E-state index contributed by atoms with van der Waals surface area (Å²) < 4.78 is 0. The molecule has 0 aliphatic rings. The average Bonchev–Trinajstić information content (AvgIpc) is 2.94. The highest BCUT2D eigenvalue weighted by Gasteiger charge is 2.00. The zero-order valence-corrected chi connectivity index (χ0v) is 10.3. The Balaban J connectivity index is 1.76. The zero-order chi connectivity index (χ0) is 11.7. The monoisotopic (exact) mass is 243 g/mol. The first-order valence-electron chi connectivity index (χ1n) is 5.53. The first-order chi connectivity index (χ1) is 8.31. The van der Waals surface area contributed by atoms with Crippen LogP contribution in [0.25, 0.3) is 10.9 Å². The molecule has 0 radical (unpaired) electrons. The van der Waals surface area contributed by atoms with Crippen molar-refractivity contribution in [2.45, 2.75) is 13.5 Å². The third kappa shape index (κ3) is 2.17. The summed E-state index contributed by atoms with van der Waals surface area (Å²) >= 11 is 1.69. The summed E-state index contributed by atoms with van der Waals surface area (Å²) in [7, 11) is 0. The van der Waals surface area contributed by atoms with Crippen LogP contribution in [0.4, 0.5) is 5.69 Å². The lowest BCUT2D eigenvalue weighted by atomic mass is 10.2. The first-order valence-corrected chi connectivity index (χ1v) is 6.41. The molecular formula is C13H13N3S. The summed E-state index contributed by atoms with van der Waals surface area (Å²) in [6.45, 7) is 2.81. The number of aromatic nitrogens is 2. The predicted octanol–water partition coefficient (Wildman–Crippen LogP) is 3.54. The van der Waals surface area contributed by atoms with E-state index in [0.717, 1.165) is 22.9 Å². The van der Waals surface area contributed by atoms with Gasteiger partial charge >= 0.3 is 0 Å². The largest absolute Gasteiger partial charge is 0.379 e. The van der Waals surface area contributed by atoms with E-state index in [1.165, 1.54) is 10.9 Å². The van der Waals surface area contributed by atoms with Crippen molar-refractivity contribution in [1.29, 1.82) is 0 Å². The van der Waals surface area contributed by atoms with Crippen molar-refractivity contribution < 1.29 is 0 Å². The topological polar surface area (TPSA) is 40.7 Å². The minimum absolute atomic E-state index is 0.786. The third-order valence-corrected chi connectivity index (χ3v) is 3.63. The van der Waals surface area contributed by atoms with Crippen LogP contribution >= 0.6 is 11.3 Å². The molecule has 0 spiro atoms. The predicted molar refractivity (Wildman–Crippen MR) is 72.5 cm³/mol. The molecule has 3 nitrogen and oxygen atoms in total. The number of benzene rings is 1. The van der Waals surface area contributed by atoms with Crippen molar-refractivity contribution >= 4 is 27.9 Å². The first kappa shape index (κ1) is 10.4. The third-order valence-electron chi connectivity index (χ3n) is 2.66. The number of aromatic amines is 1. The fourth-order valence-electron chi connectivity index (χ4n) is 1.82. The highest BCUT2D eigenvalue weighted by molar-refractivity contribution is 7.09. The van der Waals surface area contributed by atoms with E-state index in [1.54, 1.807) is 11.3 Å². The molecule has 17 heavy (non-hydrogen) atoms. The van der Waals surface area contributed by atoms with Gasteiger partial charge in [0.05, 0.1) is 6.54 Å². The summed E-state index contributed by atoms with van der Waals surface area (Å²) in [4.78, 5) is 7.61. The molecule has 3 rings (SSSR count). The van der Waals surface area contributed by atoms with Crippen LogP contribution in [0.1, 0.15) is 10.7 Å². The Labute approximate surface area is 104 Å². The average molecular weight is 243 g/mol. The Morgan fingerprint density at radius 3 is 3.12 bits per heavy atom. The molecule has 0 unspecified atom stereocenters. The number of nitrogens with one attached hydrogen (secondary N) is 2. The van der Waals surface area contributed by atoms with Gasteiger partial charge in [-0.25, -0.2) is 4.98 Å². The van der Waals surface area contributed by atoms with Crippen LogP contribution in [0, 0.1) is 6.92 Å². The van der Waals surface area contributed by atoms with E-state index in [9.17, 15) is 0 Å². The number of nitrogens with zero attached hydrogens (tertiary/aromatic N) is 1. The van der Waals surface area contributed by atoms with E-state index < -0.39 is 0 Å². The Kier molecular flexibility index (Phi) is 2.57. The number of fused-ring (bicyclic) bond motifs is 1. The number of hydrogen-bond donors (Lipinski definition) is 2. The van der Waals surface area contributed by atoms with Gasteiger partial charge in [-0.2, -0.15) is 0 Å². The maximum atomic E-state index is 4.43. The molecule has 0 fully saturated rings. The van der Waals surface area contributed by atoms with Gasteiger partial charge in [-0.1, -0.05) is 0 Å². The fraction of sp³-hybridized carbons (Fsp3) is 0.154. The molecule has 2 heterocycles. The summed E-state index contributed by atoms with van der Waals surface area (Å²) in [5.74, 6) is 0. The van der Waals surface area contributed by atoms with Crippen molar-refractivity contribution in [2.75, 3.05) is 5.32 Å². The highest BCUT2D eigenvalue weighted by Crippen LogP contribution is 2.19. The Morgan fingerprint density at radius 1 is 1.35 bits per heavy atom. The lowest BCUT2D eigenvalue weighted by Gasteiger charge is -2.04. The van der Waals surface area contributed by atoms with E-state index in [4.69, 9.17) is 0 Å². The molecule has 0 aliphatic heterocycles. The number of hydrogen-bond acceptors (Lipinski definition) is 3. The van der Waals surface area contributed by atoms with Gasteiger partial charge in [0.2, 0.25) is 0 Å². The fourth-order valence-corrected chi connectivity index (χ4v) is 2.54. The Bertz CT molecular complexity index is 639. The lowest BCUT2D eigenvalue weighted by molar-refractivity contribution is 1.08. The SMILES string of the molecule is Cc1csc(CNc2ccc3[nH]ccc3c2)n1. The van der Waals surface area contributed by atoms with E-state index in [1.807, 2.05) is 13.1 Å². The van der Waals surface area contributed by atoms with Gasteiger partial charge in [0, 0.05) is 33.9 Å². The van der Waals surface area contributed by atoms with Crippen LogP contribution in [-0.4, -0.2) is 9.97 Å². The molecule has 0 atom stereocenters. The minimum Gasteiger partial charge on any atom is -0.379 e. The van der Waals surface area contributed by atoms with Crippen LogP contribution in [0.2, 0.25) is 0 Å². The molecule has 0 aliphatic carbocycles. The quantitative estimate of drug-likeness (QED) is 0.738. The van der Waals surface area contributed by atoms with Crippen LogP contribution < -0.4 is 5.32 Å². The molecule has 2 N–H and O–H groups in total. The maximum Gasteiger partial charge on any atom is 0.112 e. The number of aryl methyl sites for hydroxylation is 1. The second kappa shape index (κ2) is 4.22. The summed E-state index contributed by atoms with van der Waals surface area (Å²) in [6, 6.07) is 8.39. The highest BCUT2D eigenvalue weighted by atomic mass is 32.1. The molecule has 0 saturated heterocycles. The van der Waals surface area contributed by atoms with E-state index >= 15 is 0 Å². The van der Waals surface area contributed by atoms with Crippen LogP contribution in [0.3, 0.4) is 0 Å². The number of rotatable bonds is 3. The van der Waals surface area contributed by atoms with Crippen LogP contribution in [0.15, 0.2) is 35.8 Å². The standard InChI is InChI=1S/C13H13N3S/c1-9-8-17-13(16-9)7-15-11-2-3-12-10(6-11)4-5-14-12/h2-6,8,14-15H,7H2,1H3. The van der Waals surface area contributed by atoms with Gasteiger partial charge in [-0.05, 0) is 31.2 Å². The van der Waals surface area contributed by atoms with Gasteiger partial charge < -0.3 is 10.3 Å². The summed E-state index contributed by atoms with van der Waals surface area (Å²) in [5.41, 5.74) is 3.39. The van der Waals surface area contributed by atoms with Gasteiger partial charge in [0.15, 0.2) is 0 Å². The summed E-state index contributed by atoms with van der Waals surface area (Å²) in [6.07, 6.45) is 1.96. The molecule has 3 aromatic rings. The van der Waals surface area contributed by atoms with Crippen molar-refractivity contribution in [2.24, 2.45) is 0 Å². The van der Waals surface area contributed by atoms with Gasteiger partial charge in [-0.15, -0.1) is 11.3 Å². The lowest BCUT2D eigenvalue weighted by Crippen LogP contribution is -1.98. The Morgan fingerprint density at radius 2 is 2.29 bits per heavy atom. The zero-order valence-electron chi connectivity index (χ0n) is 9.53. The molecule has 1 aromatic carbocycles. The molecule has 0 saturated carbocycles. The molecule has 86 valence electrons. The van der Waals surface area contributed by atoms with E-state index in [0.29, 0.717) is 0 Å². The molecular weight excluding hydrogens is 230 g/mol. The van der Waals surface area contributed by atoms with E-state index in [-0.39, 0.29) is 0 Å². The van der Waals surface area contributed by atoms with Crippen LogP contribution in [0.5, 0.6) is 0 Å².